The Morgan fingerprint density at radius 1 is 1.50 bits per heavy atom. The van der Waals surface area contributed by atoms with E-state index in [4.69, 9.17) is 11.6 Å². The lowest BCUT2D eigenvalue weighted by molar-refractivity contribution is -0.111. The Labute approximate surface area is 67.8 Å². The molecular formula is C8H15ClO. The summed E-state index contributed by atoms with van der Waals surface area (Å²) in [5.41, 5.74) is 0. The lowest BCUT2D eigenvalue weighted by Gasteiger charge is -2.06. The molecule has 0 unspecified atom stereocenters. The molecule has 0 aromatic heterocycles. The Bertz CT molecular complexity index is 101. The smallest absolute Gasteiger partial charge is 0.221 e. The van der Waals surface area contributed by atoms with Gasteiger partial charge in [0.15, 0.2) is 0 Å². The lowest BCUT2D eigenvalue weighted by atomic mass is 10.0. The predicted molar refractivity (Wildman–Crippen MR) is 44.2 cm³/mol. The van der Waals surface area contributed by atoms with Crippen LogP contribution >= 0.6 is 11.6 Å². The van der Waals surface area contributed by atoms with Crippen molar-refractivity contribution < 1.29 is 4.79 Å². The maximum Gasteiger partial charge on any atom is 0.221 e. The monoisotopic (exact) mass is 162 g/mol. The summed E-state index contributed by atoms with van der Waals surface area (Å²) in [5, 5.41) is -0.206. The van der Waals surface area contributed by atoms with E-state index in [1.165, 1.54) is 12.8 Å². The summed E-state index contributed by atoms with van der Waals surface area (Å²) >= 11 is 5.18. The third kappa shape index (κ3) is 6.09. The molecule has 0 radical (unpaired) electrons. The summed E-state index contributed by atoms with van der Waals surface area (Å²) in [6.07, 6.45) is 3.86. The molecule has 0 N–H and O–H groups in total. The summed E-state index contributed by atoms with van der Waals surface area (Å²) in [4.78, 5) is 10.3. The van der Waals surface area contributed by atoms with Crippen LogP contribution in [0.15, 0.2) is 0 Å². The van der Waals surface area contributed by atoms with Crippen molar-refractivity contribution in [1.29, 1.82) is 0 Å². The average molecular weight is 163 g/mol. The first-order valence-electron chi connectivity index (χ1n) is 3.85. The fraction of sp³-hybridized carbons (Fsp3) is 0.875. The van der Waals surface area contributed by atoms with Crippen molar-refractivity contribution in [3.8, 4) is 0 Å². The third-order valence-electron chi connectivity index (χ3n) is 1.62. The molecule has 0 saturated carbocycles. The minimum atomic E-state index is -0.206. The zero-order valence-electron chi connectivity index (χ0n) is 6.69. The van der Waals surface area contributed by atoms with Crippen molar-refractivity contribution in [2.45, 2.75) is 39.5 Å². The molecule has 0 fully saturated rings. The highest BCUT2D eigenvalue weighted by Crippen LogP contribution is 2.12. The number of hydrogen-bond acceptors (Lipinski definition) is 1. The molecule has 0 rings (SSSR count). The van der Waals surface area contributed by atoms with Crippen LogP contribution < -0.4 is 0 Å². The minimum Gasteiger partial charge on any atom is -0.281 e. The minimum absolute atomic E-state index is 0.206. The van der Waals surface area contributed by atoms with Gasteiger partial charge in [-0.3, -0.25) is 4.79 Å². The van der Waals surface area contributed by atoms with Gasteiger partial charge >= 0.3 is 0 Å². The number of carbonyl (C=O) groups excluding carboxylic acids is 1. The fourth-order valence-corrected chi connectivity index (χ4v) is 1.11. The van der Waals surface area contributed by atoms with Crippen LogP contribution in [0.4, 0.5) is 0 Å². The summed E-state index contributed by atoms with van der Waals surface area (Å²) in [5.74, 6) is 0.646. The zero-order valence-corrected chi connectivity index (χ0v) is 7.45. The van der Waals surface area contributed by atoms with Crippen molar-refractivity contribution in [3.63, 3.8) is 0 Å². The molecule has 0 bridgehead atoms. The van der Waals surface area contributed by atoms with Gasteiger partial charge in [0.05, 0.1) is 0 Å². The second kappa shape index (κ2) is 5.72. The van der Waals surface area contributed by atoms with E-state index < -0.39 is 0 Å². The highest BCUT2D eigenvalue weighted by molar-refractivity contribution is 6.63. The Balaban J connectivity index is 3.21. The maximum absolute atomic E-state index is 10.3. The molecule has 0 spiro atoms. The molecule has 0 aromatic rings. The molecule has 0 aromatic carbocycles. The van der Waals surface area contributed by atoms with E-state index in [2.05, 4.69) is 13.8 Å². The van der Waals surface area contributed by atoms with Crippen molar-refractivity contribution in [1.82, 2.24) is 0 Å². The topological polar surface area (TPSA) is 17.1 Å². The largest absolute Gasteiger partial charge is 0.281 e. The second-order valence-electron chi connectivity index (χ2n) is 2.79. The Kier molecular flexibility index (Phi) is 5.70. The molecule has 1 nitrogen and oxygen atoms in total. The SMILES string of the molecule is CCC[C@H](C)CCC(=O)Cl. The van der Waals surface area contributed by atoms with Gasteiger partial charge in [0, 0.05) is 6.42 Å². The first kappa shape index (κ1) is 9.96. The van der Waals surface area contributed by atoms with Gasteiger partial charge in [-0.15, -0.1) is 0 Å². The summed E-state index contributed by atoms with van der Waals surface area (Å²) in [6.45, 7) is 4.31. The second-order valence-corrected chi connectivity index (χ2v) is 3.21. The summed E-state index contributed by atoms with van der Waals surface area (Å²) < 4.78 is 0. The number of carbonyl (C=O) groups is 1. The molecule has 60 valence electrons. The summed E-state index contributed by atoms with van der Waals surface area (Å²) in [7, 11) is 0. The van der Waals surface area contributed by atoms with Gasteiger partial charge in [-0.05, 0) is 23.9 Å². The van der Waals surface area contributed by atoms with Gasteiger partial charge in [0.25, 0.3) is 0 Å². The molecule has 0 aliphatic rings. The van der Waals surface area contributed by atoms with E-state index in [1.54, 1.807) is 0 Å². The molecule has 1 atom stereocenters. The van der Waals surface area contributed by atoms with Crippen LogP contribution in [0.25, 0.3) is 0 Å². The van der Waals surface area contributed by atoms with Gasteiger partial charge in [-0.1, -0.05) is 26.7 Å². The Morgan fingerprint density at radius 2 is 2.10 bits per heavy atom. The van der Waals surface area contributed by atoms with E-state index in [1.807, 2.05) is 0 Å². The van der Waals surface area contributed by atoms with Gasteiger partial charge in [0.2, 0.25) is 5.24 Å². The maximum atomic E-state index is 10.3. The van der Waals surface area contributed by atoms with Crippen LogP contribution in [0.5, 0.6) is 0 Å². The molecule has 10 heavy (non-hydrogen) atoms. The molecule has 0 aliphatic carbocycles. The van der Waals surface area contributed by atoms with Crippen molar-refractivity contribution >= 4 is 16.8 Å². The molecule has 0 saturated heterocycles. The van der Waals surface area contributed by atoms with Crippen molar-refractivity contribution in [2.24, 2.45) is 5.92 Å². The van der Waals surface area contributed by atoms with E-state index in [-0.39, 0.29) is 5.24 Å². The number of rotatable bonds is 5. The van der Waals surface area contributed by atoms with E-state index in [0.29, 0.717) is 12.3 Å². The number of hydrogen-bond donors (Lipinski definition) is 0. The van der Waals surface area contributed by atoms with Gasteiger partial charge < -0.3 is 0 Å². The average Bonchev–Trinajstić information content (AvgIpc) is 1.85. The van der Waals surface area contributed by atoms with Crippen LogP contribution in [-0.4, -0.2) is 5.24 Å². The Morgan fingerprint density at radius 3 is 2.50 bits per heavy atom. The third-order valence-corrected chi connectivity index (χ3v) is 1.80. The highest BCUT2D eigenvalue weighted by Gasteiger charge is 2.02. The molecule has 0 heterocycles. The van der Waals surface area contributed by atoms with Crippen molar-refractivity contribution in [2.75, 3.05) is 0 Å². The quantitative estimate of drug-likeness (QED) is 0.568. The van der Waals surface area contributed by atoms with Gasteiger partial charge in [-0.25, -0.2) is 0 Å². The van der Waals surface area contributed by atoms with Crippen LogP contribution in [0, 0.1) is 5.92 Å². The summed E-state index contributed by atoms with van der Waals surface area (Å²) in [6, 6.07) is 0. The van der Waals surface area contributed by atoms with Gasteiger partial charge in [-0.2, -0.15) is 0 Å². The molecule has 0 amide bonds. The van der Waals surface area contributed by atoms with Crippen LogP contribution in [0.2, 0.25) is 0 Å². The van der Waals surface area contributed by atoms with Gasteiger partial charge in [0.1, 0.15) is 0 Å². The Hall–Kier alpha value is -0.0400. The highest BCUT2D eigenvalue weighted by atomic mass is 35.5. The first-order valence-corrected chi connectivity index (χ1v) is 4.23. The standard InChI is InChI=1S/C8H15ClO/c1-3-4-7(2)5-6-8(9)10/h7H,3-6H2,1-2H3/t7-/m0/s1. The molecule has 2 heteroatoms. The molecular weight excluding hydrogens is 148 g/mol. The molecule has 0 aliphatic heterocycles. The predicted octanol–water partition coefficient (Wildman–Crippen LogP) is 2.97. The lowest BCUT2D eigenvalue weighted by Crippen LogP contribution is -1.96. The van der Waals surface area contributed by atoms with Crippen LogP contribution in [0.1, 0.15) is 39.5 Å². The number of halogens is 1. The normalized spacial score (nSPS) is 13.1. The zero-order chi connectivity index (χ0) is 7.98. The fourth-order valence-electron chi connectivity index (χ4n) is 0.997. The first-order chi connectivity index (χ1) is 4.66. The van der Waals surface area contributed by atoms with E-state index in [0.717, 1.165) is 6.42 Å². The van der Waals surface area contributed by atoms with Crippen molar-refractivity contribution in [3.05, 3.63) is 0 Å². The van der Waals surface area contributed by atoms with E-state index >= 15 is 0 Å². The van der Waals surface area contributed by atoms with E-state index in [9.17, 15) is 4.79 Å². The van der Waals surface area contributed by atoms with Crippen LogP contribution in [-0.2, 0) is 4.79 Å². The van der Waals surface area contributed by atoms with Crippen LogP contribution in [0.3, 0.4) is 0 Å².